The Morgan fingerprint density at radius 2 is 1.08 bits per heavy atom. The third-order valence-corrected chi connectivity index (χ3v) is 9.43. The molecule has 2 aliphatic rings. The minimum absolute atomic E-state index is 0.0722. The van der Waals surface area contributed by atoms with E-state index in [-0.39, 0.29) is 51.4 Å². The van der Waals surface area contributed by atoms with E-state index in [2.05, 4.69) is 15.0 Å². The maximum absolute atomic E-state index is 11.6. The number of carboxylic acid groups (broad SMARTS) is 4. The maximum Gasteiger partial charge on any atom is 0.303 e. The molecule has 0 saturated heterocycles. The van der Waals surface area contributed by atoms with Crippen LogP contribution in [0.2, 0.25) is 0 Å². The summed E-state index contributed by atoms with van der Waals surface area (Å²) in [6, 6.07) is 0. The summed E-state index contributed by atoms with van der Waals surface area (Å²) < 4.78 is 0. The van der Waals surface area contributed by atoms with Crippen LogP contribution in [-0.4, -0.2) is 65.0 Å². The quantitative estimate of drug-likeness (QED) is 0.153. The molecule has 0 saturated carbocycles. The molecule has 2 aliphatic heterocycles. The van der Waals surface area contributed by atoms with Gasteiger partial charge in [0.1, 0.15) is 0 Å². The van der Waals surface area contributed by atoms with Crippen molar-refractivity contribution in [2.75, 3.05) is 0 Å². The number of nitrogens with one attached hydrogen (secondary N) is 3. The number of aliphatic imine (C=N–C) groups is 1. The van der Waals surface area contributed by atoms with E-state index < -0.39 is 29.3 Å². The van der Waals surface area contributed by atoms with Gasteiger partial charge >= 0.3 is 23.9 Å². The monoisotopic (exact) mass is 656 g/mol. The molecule has 3 aromatic rings. The lowest BCUT2D eigenvalue weighted by molar-refractivity contribution is -0.138. The molecule has 0 spiro atoms. The molecule has 3 aromatic heterocycles. The predicted molar refractivity (Wildman–Crippen MR) is 180 cm³/mol. The van der Waals surface area contributed by atoms with Gasteiger partial charge in [-0.3, -0.25) is 24.2 Å². The largest absolute Gasteiger partial charge is 0.481 e. The van der Waals surface area contributed by atoms with Gasteiger partial charge in [0, 0.05) is 63.9 Å². The molecule has 0 aliphatic carbocycles. The van der Waals surface area contributed by atoms with E-state index in [1.165, 1.54) is 0 Å². The molecule has 12 heteroatoms. The van der Waals surface area contributed by atoms with Gasteiger partial charge in [0.15, 0.2) is 0 Å². The highest BCUT2D eigenvalue weighted by molar-refractivity contribution is 6.16. The van der Waals surface area contributed by atoms with Gasteiger partial charge in [0.2, 0.25) is 0 Å². The molecule has 12 nitrogen and oxygen atoms in total. The van der Waals surface area contributed by atoms with Gasteiger partial charge in [0.05, 0.1) is 11.4 Å². The molecular weight excluding hydrogens is 616 g/mol. The van der Waals surface area contributed by atoms with Crippen molar-refractivity contribution in [1.29, 1.82) is 0 Å². The third kappa shape index (κ3) is 7.12. The number of aromatic amines is 3. The van der Waals surface area contributed by atoms with Crippen LogP contribution in [0.3, 0.4) is 0 Å². The molecule has 0 amide bonds. The predicted octanol–water partition coefficient (Wildman–Crippen LogP) is 2.09. The number of aliphatic carboxylic acids is 4. The van der Waals surface area contributed by atoms with Crippen LogP contribution >= 0.6 is 0 Å². The first kappa shape index (κ1) is 34.0. The zero-order valence-electron chi connectivity index (χ0n) is 27.4. The van der Waals surface area contributed by atoms with Crippen molar-refractivity contribution in [3.63, 3.8) is 0 Å². The molecule has 0 fully saturated rings. The van der Waals surface area contributed by atoms with Crippen molar-refractivity contribution in [2.45, 2.75) is 79.1 Å². The summed E-state index contributed by atoms with van der Waals surface area (Å²) in [5.41, 5.74) is 6.90. The lowest BCUT2D eigenvalue weighted by Gasteiger charge is -2.21. The van der Waals surface area contributed by atoms with Crippen molar-refractivity contribution in [1.82, 2.24) is 15.0 Å². The molecule has 0 aromatic carbocycles. The number of allylic oxidation sites excluding steroid dienone is 2. The van der Waals surface area contributed by atoms with E-state index in [9.17, 15) is 39.6 Å². The molecule has 1 atom stereocenters. The summed E-state index contributed by atoms with van der Waals surface area (Å²) in [5.74, 6) is -3.72. The number of aromatic nitrogens is 3. The second kappa shape index (κ2) is 13.4. The number of fused-ring (bicyclic) bond motifs is 7. The zero-order valence-corrected chi connectivity index (χ0v) is 27.4. The molecule has 48 heavy (non-hydrogen) atoms. The average molecular weight is 657 g/mol. The number of nitrogens with zero attached hydrogens (tertiary/aromatic N) is 1. The fourth-order valence-corrected chi connectivity index (χ4v) is 6.61. The van der Waals surface area contributed by atoms with Gasteiger partial charge in [-0.1, -0.05) is 6.92 Å². The highest BCUT2D eigenvalue weighted by Gasteiger charge is 2.33. The molecule has 0 radical (unpaired) electrons. The molecular formula is C36H40N4O8. The van der Waals surface area contributed by atoms with E-state index in [0.717, 1.165) is 44.4 Å². The Kier molecular flexibility index (Phi) is 9.47. The van der Waals surface area contributed by atoms with Crippen LogP contribution in [0.5, 0.6) is 0 Å². The van der Waals surface area contributed by atoms with Crippen molar-refractivity contribution in [3.05, 3.63) is 77.9 Å². The second-order valence-electron chi connectivity index (χ2n) is 12.8. The van der Waals surface area contributed by atoms with Gasteiger partial charge in [-0.2, -0.15) is 0 Å². The van der Waals surface area contributed by atoms with E-state index in [1.54, 1.807) is 0 Å². The van der Waals surface area contributed by atoms with E-state index in [0.29, 0.717) is 33.2 Å². The van der Waals surface area contributed by atoms with Crippen LogP contribution in [0.25, 0.3) is 24.3 Å². The summed E-state index contributed by atoms with van der Waals surface area (Å²) in [7, 11) is 0. The Hall–Kier alpha value is -5.39. The Bertz CT molecular complexity index is 2160. The topological polar surface area (TPSA) is 209 Å². The lowest BCUT2D eigenvalue weighted by atomic mass is 9.81. The number of hydrogen-bond acceptors (Lipinski definition) is 5. The van der Waals surface area contributed by atoms with E-state index >= 15 is 0 Å². The minimum Gasteiger partial charge on any atom is -0.481 e. The molecule has 5 rings (SSSR count). The first-order chi connectivity index (χ1) is 22.6. The zero-order chi connectivity index (χ0) is 34.9. The summed E-state index contributed by atoms with van der Waals surface area (Å²) >= 11 is 0. The highest BCUT2D eigenvalue weighted by atomic mass is 16.4. The summed E-state index contributed by atoms with van der Waals surface area (Å²) in [4.78, 5) is 61.8. The van der Waals surface area contributed by atoms with Crippen LogP contribution < -0.4 is 21.4 Å². The van der Waals surface area contributed by atoms with Gasteiger partial charge in [-0.05, 0) is 110 Å². The van der Waals surface area contributed by atoms with Gasteiger partial charge in [-0.15, -0.1) is 0 Å². The Balaban J connectivity index is 1.86. The van der Waals surface area contributed by atoms with Crippen LogP contribution in [0.4, 0.5) is 0 Å². The Labute approximate surface area is 275 Å². The van der Waals surface area contributed by atoms with Crippen LogP contribution in [0, 0.1) is 26.2 Å². The first-order valence-corrected chi connectivity index (χ1v) is 15.9. The standard InChI is InChI=1S/C36H40N4O8/c1-18-22(5-8-32(41)42)28-14-26-19(2)23(6-9-33(43)44)29(39-26)15-27-20(3)24(7-10-34(45)46)30(40-27)16-31-36(4,12-11-35(47)48)17-21(37-31)13-25(18)38-28/h13-17,38-40H,5-12H2,1-4H3,(H,41,42)(H,43,44)(H,45,46)(H,47,48). The van der Waals surface area contributed by atoms with Crippen LogP contribution in [-0.2, 0) is 38.4 Å². The average Bonchev–Trinajstić information content (AvgIpc) is 3.66. The molecule has 1 unspecified atom stereocenters. The Morgan fingerprint density at radius 1 is 0.604 bits per heavy atom. The van der Waals surface area contributed by atoms with Crippen LogP contribution in [0.15, 0.2) is 16.8 Å². The number of rotatable bonds is 12. The summed E-state index contributed by atoms with van der Waals surface area (Å²) in [6.07, 6.45) is 10.2. The third-order valence-electron chi connectivity index (χ3n) is 9.43. The number of H-pyrrole nitrogens is 3. The van der Waals surface area contributed by atoms with Crippen molar-refractivity contribution in [2.24, 2.45) is 10.4 Å². The van der Waals surface area contributed by atoms with Crippen LogP contribution in [0.1, 0.15) is 83.8 Å². The van der Waals surface area contributed by atoms with E-state index in [4.69, 9.17) is 4.99 Å². The van der Waals surface area contributed by atoms with Gasteiger partial charge in [-0.25, -0.2) is 0 Å². The first-order valence-electron chi connectivity index (χ1n) is 15.9. The van der Waals surface area contributed by atoms with E-state index in [1.807, 2.05) is 58.1 Å². The highest BCUT2D eigenvalue weighted by Crippen LogP contribution is 2.36. The SMILES string of the molecule is Cc1c2[nH]c(c1CCC(=O)O)C=c1[nH]c(c(CCC(=O)O)c1C)=CC1=NC(=CC1(C)CCC(=O)O)C=c1[nH]c(c(CCC(=O)O)c1C)=C2. The second-order valence-corrected chi connectivity index (χ2v) is 12.8. The van der Waals surface area contributed by atoms with Crippen molar-refractivity contribution < 1.29 is 39.6 Å². The van der Waals surface area contributed by atoms with Crippen molar-refractivity contribution in [3.8, 4) is 0 Å². The smallest absolute Gasteiger partial charge is 0.303 e. The Morgan fingerprint density at radius 3 is 1.62 bits per heavy atom. The van der Waals surface area contributed by atoms with Crippen molar-refractivity contribution >= 4 is 53.9 Å². The fraction of sp³-hybridized carbons (Fsp3) is 0.361. The summed E-state index contributed by atoms with van der Waals surface area (Å²) in [6.45, 7) is 7.66. The molecule has 252 valence electrons. The van der Waals surface area contributed by atoms with Gasteiger partial charge in [0.25, 0.3) is 0 Å². The number of carbonyl (C=O) groups is 4. The fourth-order valence-electron chi connectivity index (χ4n) is 6.61. The molecule has 7 N–H and O–H groups in total. The maximum atomic E-state index is 11.6. The lowest BCUT2D eigenvalue weighted by Crippen LogP contribution is -2.26. The summed E-state index contributed by atoms with van der Waals surface area (Å²) in [5, 5.41) is 40.9. The number of hydrogen-bond donors (Lipinski definition) is 7. The molecule has 8 bridgehead atoms. The minimum atomic E-state index is -0.937. The molecule has 5 heterocycles. The normalized spacial score (nSPS) is 16.6. The number of carboxylic acids is 4. The van der Waals surface area contributed by atoms with Gasteiger partial charge < -0.3 is 35.4 Å².